The van der Waals surface area contributed by atoms with Crippen molar-refractivity contribution in [3.63, 3.8) is 0 Å². The number of nitrogens with one attached hydrogen (secondary N) is 2. The Morgan fingerprint density at radius 2 is 2.20 bits per heavy atom. The molecule has 0 spiro atoms. The van der Waals surface area contributed by atoms with Crippen molar-refractivity contribution in [1.29, 1.82) is 0 Å². The molecule has 0 radical (unpaired) electrons. The van der Waals surface area contributed by atoms with Crippen LogP contribution < -0.4 is 10.5 Å². The highest BCUT2D eigenvalue weighted by Crippen LogP contribution is 2.17. The first kappa shape index (κ1) is 15.4. The first-order valence-corrected chi connectivity index (χ1v) is 8.49. The summed E-state index contributed by atoms with van der Waals surface area (Å²) in [6.07, 6.45) is 3.51. The van der Waals surface area contributed by atoms with Crippen LogP contribution in [0, 0.1) is 5.92 Å². The van der Waals surface area contributed by atoms with E-state index in [2.05, 4.69) is 26.7 Å². The summed E-state index contributed by atoms with van der Waals surface area (Å²) in [5.74, 6) is 0.400. The average Bonchev–Trinajstić information content (AvgIpc) is 2.95. The lowest BCUT2D eigenvalue weighted by atomic mass is 9.97. The number of likely N-dealkylation sites (tertiary alicyclic amines) is 1. The van der Waals surface area contributed by atoms with Crippen molar-refractivity contribution in [2.45, 2.75) is 31.3 Å². The van der Waals surface area contributed by atoms with Gasteiger partial charge in [0.1, 0.15) is 0 Å². The van der Waals surface area contributed by atoms with Crippen LogP contribution >= 0.6 is 0 Å². The van der Waals surface area contributed by atoms with Gasteiger partial charge in [-0.25, -0.2) is 13.1 Å². The van der Waals surface area contributed by atoms with E-state index < -0.39 is 10.0 Å². The van der Waals surface area contributed by atoms with Gasteiger partial charge in [-0.3, -0.25) is 5.10 Å². The molecule has 0 saturated carbocycles. The van der Waals surface area contributed by atoms with Crippen LogP contribution in [0.4, 0.5) is 0 Å². The Hall–Kier alpha value is -0.960. The second-order valence-electron chi connectivity index (χ2n) is 5.16. The lowest BCUT2D eigenvalue weighted by Gasteiger charge is -2.30. The second-order valence-corrected chi connectivity index (χ2v) is 6.86. The van der Waals surface area contributed by atoms with Gasteiger partial charge in [-0.1, -0.05) is 6.92 Å². The van der Waals surface area contributed by atoms with Crippen molar-refractivity contribution in [1.82, 2.24) is 19.8 Å². The highest BCUT2D eigenvalue weighted by molar-refractivity contribution is 7.89. The maximum absolute atomic E-state index is 12.2. The fourth-order valence-electron chi connectivity index (χ4n) is 2.48. The Balaban J connectivity index is 1.90. The van der Waals surface area contributed by atoms with Crippen LogP contribution in [0.5, 0.6) is 0 Å². The van der Waals surface area contributed by atoms with Gasteiger partial charge in [-0.2, -0.15) is 5.10 Å². The van der Waals surface area contributed by atoms with Gasteiger partial charge in [0.25, 0.3) is 10.0 Å². The smallest absolute Gasteiger partial charge is 0.257 e. The lowest BCUT2D eigenvalue weighted by Crippen LogP contribution is -2.38. The molecule has 1 aliphatic heterocycles. The molecule has 1 saturated heterocycles. The van der Waals surface area contributed by atoms with E-state index in [9.17, 15) is 8.42 Å². The third kappa shape index (κ3) is 3.57. The van der Waals surface area contributed by atoms with Crippen LogP contribution in [-0.4, -0.2) is 49.7 Å². The highest BCUT2D eigenvalue weighted by atomic mass is 32.2. The molecule has 1 aliphatic rings. The van der Waals surface area contributed by atoms with E-state index in [0.717, 1.165) is 32.5 Å². The van der Waals surface area contributed by atoms with Crippen LogP contribution in [0.1, 0.15) is 25.3 Å². The molecule has 8 heteroatoms. The molecular formula is C12H23N5O2S. The van der Waals surface area contributed by atoms with E-state index in [1.54, 1.807) is 0 Å². The van der Waals surface area contributed by atoms with Crippen LogP contribution in [0.15, 0.2) is 11.2 Å². The number of nitrogens with zero attached hydrogens (tertiary/aromatic N) is 2. The fraction of sp³-hybridized carbons (Fsp3) is 0.750. The summed E-state index contributed by atoms with van der Waals surface area (Å²) in [6.45, 7) is 5.93. The summed E-state index contributed by atoms with van der Waals surface area (Å²) in [4.78, 5) is 2.38. The normalized spacial score (nSPS) is 18.5. The lowest BCUT2D eigenvalue weighted by molar-refractivity contribution is 0.193. The number of H-pyrrole nitrogens is 1. The minimum Gasteiger partial charge on any atom is -0.326 e. The van der Waals surface area contributed by atoms with Gasteiger partial charge in [0.2, 0.25) is 0 Å². The van der Waals surface area contributed by atoms with E-state index in [-0.39, 0.29) is 11.6 Å². The molecule has 1 aromatic rings. The molecular weight excluding hydrogens is 278 g/mol. The predicted molar refractivity (Wildman–Crippen MR) is 76.5 cm³/mol. The molecule has 0 aromatic carbocycles. The van der Waals surface area contributed by atoms with E-state index >= 15 is 0 Å². The SMILES string of the molecule is CCN1CCC(CNS(=O)(=O)c2[nH]ncc2CN)CC1. The maximum atomic E-state index is 12.2. The molecule has 0 atom stereocenters. The zero-order valence-corrected chi connectivity index (χ0v) is 12.6. The fourth-order valence-corrected chi connectivity index (χ4v) is 3.74. The third-order valence-electron chi connectivity index (χ3n) is 3.88. The van der Waals surface area contributed by atoms with Crippen molar-refractivity contribution >= 4 is 10.0 Å². The molecule has 7 nitrogen and oxygen atoms in total. The molecule has 2 heterocycles. The minimum absolute atomic E-state index is 0.0889. The quantitative estimate of drug-likeness (QED) is 0.679. The maximum Gasteiger partial charge on any atom is 0.257 e. The summed E-state index contributed by atoms with van der Waals surface area (Å²) in [5, 5.41) is 6.35. The summed E-state index contributed by atoms with van der Waals surface area (Å²) in [6, 6.07) is 0. The zero-order valence-electron chi connectivity index (χ0n) is 11.8. The number of nitrogens with two attached hydrogens (primary N) is 1. The number of sulfonamides is 1. The van der Waals surface area contributed by atoms with Gasteiger partial charge in [-0.05, 0) is 38.4 Å². The number of aromatic amines is 1. The molecule has 2 rings (SSSR count). The first-order valence-electron chi connectivity index (χ1n) is 7.01. The van der Waals surface area contributed by atoms with Gasteiger partial charge in [0.05, 0.1) is 6.20 Å². The molecule has 0 aliphatic carbocycles. The van der Waals surface area contributed by atoms with Crippen molar-refractivity contribution in [3.05, 3.63) is 11.8 Å². The molecule has 0 amide bonds. The molecule has 4 N–H and O–H groups in total. The van der Waals surface area contributed by atoms with Gasteiger partial charge >= 0.3 is 0 Å². The van der Waals surface area contributed by atoms with Crippen LogP contribution in [-0.2, 0) is 16.6 Å². The Morgan fingerprint density at radius 3 is 2.80 bits per heavy atom. The van der Waals surface area contributed by atoms with Crippen LogP contribution in [0.3, 0.4) is 0 Å². The monoisotopic (exact) mass is 301 g/mol. The number of aromatic nitrogens is 2. The van der Waals surface area contributed by atoms with Gasteiger partial charge < -0.3 is 10.6 Å². The zero-order chi connectivity index (χ0) is 14.6. The Bertz CT molecular complexity index is 520. The topological polar surface area (TPSA) is 104 Å². The van der Waals surface area contributed by atoms with Crippen LogP contribution in [0.25, 0.3) is 0 Å². The van der Waals surface area contributed by atoms with E-state index in [1.165, 1.54) is 6.20 Å². The Labute approximate surface area is 120 Å². The molecule has 114 valence electrons. The molecule has 0 bridgehead atoms. The number of piperidine rings is 1. The third-order valence-corrected chi connectivity index (χ3v) is 5.32. The largest absolute Gasteiger partial charge is 0.326 e. The van der Waals surface area contributed by atoms with Gasteiger partial charge in [-0.15, -0.1) is 0 Å². The van der Waals surface area contributed by atoms with E-state index in [4.69, 9.17) is 5.73 Å². The van der Waals surface area contributed by atoms with Crippen molar-refractivity contribution < 1.29 is 8.42 Å². The minimum atomic E-state index is -3.54. The number of hydrogen-bond donors (Lipinski definition) is 3. The van der Waals surface area contributed by atoms with E-state index in [1.807, 2.05) is 0 Å². The molecule has 1 fully saturated rings. The number of rotatable bonds is 6. The highest BCUT2D eigenvalue weighted by Gasteiger charge is 2.23. The average molecular weight is 301 g/mol. The standard InChI is InChI=1S/C12H23N5O2S/c1-2-17-5-3-10(4-6-17)8-15-20(18,19)12-11(7-13)9-14-16-12/h9-10,15H,2-8,13H2,1H3,(H,14,16). The van der Waals surface area contributed by atoms with E-state index in [0.29, 0.717) is 18.0 Å². The molecule has 1 aromatic heterocycles. The van der Waals surface area contributed by atoms with Crippen LogP contribution in [0.2, 0.25) is 0 Å². The summed E-state index contributed by atoms with van der Waals surface area (Å²) in [5.41, 5.74) is 6.02. The van der Waals surface area contributed by atoms with Crippen molar-refractivity contribution in [3.8, 4) is 0 Å². The summed E-state index contributed by atoms with van der Waals surface area (Å²) < 4.78 is 27.0. The predicted octanol–water partition coefficient (Wildman–Crippen LogP) is -0.121. The Morgan fingerprint density at radius 1 is 1.50 bits per heavy atom. The van der Waals surface area contributed by atoms with Gasteiger partial charge in [0.15, 0.2) is 5.03 Å². The first-order chi connectivity index (χ1) is 9.56. The van der Waals surface area contributed by atoms with Crippen molar-refractivity contribution in [2.75, 3.05) is 26.2 Å². The number of hydrogen-bond acceptors (Lipinski definition) is 5. The second kappa shape index (κ2) is 6.66. The van der Waals surface area contributed by atoms with Crippen molar-refractivity contribution in [2.24, 2.45) is 11.7 Å². The molecule has 20 heavy (non-hydrogen) atoms. The Kier molecular flexibility index (Phi) is 5.14. The summed E-state index contributed by atoms with van der Waals surface area (Å²) >= 11 is 0. The summed E-state index contributed by atoms with van der Waals surface area (Å²) in [7, 11) is -3.54. The van der Waals surface area contributed by atoms with Gasteiger partial charge in [0, 0.05) is 18.7 Å². The molecule has 0 unspecified atom stereocenters.